The van der Waals surface area contributed by atoms with Crippen LogP contribution in [-0.2, 0) is 55.8 Å². The van der Waals surface area contributed by atoms with Gasteiger partial charge < -0.3 is 34.2 Å². The largest absolute Gasteiger partial charge is 0.472 e. The van der Waals surface area contributed by atoms with Gasteiger partial charge in [-0.2, -0.15) is 0 Å². The molecule has 93 heavy (non-hydrogen) atoms. The van der Waals surface area contributed by atoms with Gasteiger partial charge in [-0.3, -0.25) is 32.5 Å². The molecule has 0 aromatic carbocycles. The van der Waals surface area contributed by atoms with E-state index >= 15 is 0 Å². The number of aliphatic hydroxyl groups excluding tert-OH is 2. The summed E-state index contributed by atoms with van der Waals surface area (Å²) < 4.78 is 60.9. The average Bonchev–Trinajstić information content (AvgIpc) is 3.75. The van der Waals surface area contributed by atoms with Crippen LogP contribution in [0.3, 0.4) is 0 Å². The van der Waals surface area contributed by atoms with Gasteiger partial charge in [0.15, 0.2) is 6.10 Å². The standard InChI is InChI=1S/C75H130O16P2/c1-4-7-10-13-16-19-22-25-27-29-31-33-34-36-38-39-41-44-46-49-52-55-58-61-73(78)85-64-70(76)65-87-92(81,82)88-66-71(77)67-89-93(83,84)90-69-72(91-75(80)63-60-57-54-51-48-43-24-21-18-15-12-9-6-3)68-86-74(79)62-59-56-53-50-47-45-42-40-37-35-32-30-28-26-23-20-17-14-11-8-5-2/h16-17,19-21,24-28,31-33,35-36,38,40,42,70-72,76-77H,4-15,18,22-23,29-30,34,37,39,41,43-69H2,1-3H3,(H,81,82)(H,83,84)/b19-16-,20-17-,24-21-,27-25-,28-26-,33-31-,35-32-,38-36-,42-40-. The van der Waals surface area contributed by atoms with Crippen molar-refractivity contribution in [3.8, 4) is 0 Å². The summed E-state index contributed by atoms with van der Waals surface area (Å²) in [7, 11) is -9.79. The fraction of sp³-hybridized carbons (Fsp3) is 0.720. The monoisotopic (exact) mass is 1350 g/mol. The van der Waals surface area contributed by atoms with Gasteiger partial charge in [-0.1, -0.05) is 246 Å². The quantitative estimate of drug-likeness (QED) is 0.0146. The number of carbonyl (C=O) groups is 3. The van der Waals surface area contributed by atoms with Crippen molar-refractivity contribution in [2.45, 2.75) is 309 Å². The van der Waals surface area contributed by atoms with Gasteiger partial charge in [-0.15, -0.1) is 0 Å². The fourth-order valence-electron chi connectivity index (χ4n) is 9.35. The Morgan fingerprint density at radius 2 is 0.538 bits per heavy atom. The molecule has 0 aliphatic carbocycles. The van der Waals surface area contributed by atoms with E-state index in [-0.39, 0.29) is 19.3 Å². The molecule has 5 atom stereocenters. The molecule has 0 aliphatic heterocycles. The third-order valence-corrected chi connectivity index (χ3v) is 16.8. The highest BCUT2D eigenvalue weighted by Gasteiger charge is 2.29. The van der Waals surface area contributed by atoms with Crippen LogP contribution >= 0.6 is 15.6 Å². The Hall–Kier alpha value is -3.79. The minimum absolute atomic E-state index is 0.0883. The highest BCUT2D eigenvalue weighted by Crippen LogP contribution is 2.45. The Kier molecular flexibility index (Phi) is 65.4. The second-order valence-electron chi connectivity index (χ2n) is 24.0. The molecule has 0 aromatic heterocycles. The van der Waals surface area contributed by atoms with Gasteiger partial charge in [0, 0.05) is 19.3 Å². The van der Waals surface area contributed by atoms with Gasteiger partial charge >= 0.3 is 33.6 Å². The van der Waals surface area contributed by atoms with E-state index in [4.69, 9.17) is 32.3 Å². The number of hydrogen-bond donors (Lipinski definition) is 4. The third-order valence-electron chi connectivity index (χ3n) is 14.9. The van der Waals surface area contributed by atoms with Crippen molar-refractivity contribution >= 4 is 33.6 Å². The van der Waals surface area contributed by atoms with Gasteiger partial charge in [0.1, 0.15) is 25.4 Å². The number of phosphoric ester groups is 2. The zero-order chi connectivity index (χ0) is 68.1. The lowest BCUT2D eigenvalue weighted by Crippen LogP contribution is -2.30. The Bertz CT molecular complexity index is 2130. The maximum Gasteiger partial charge on any atom is 0.472 e. The van der Waals surface area contributed by atoms with Crippen molar-refractivity contribution in [1.29, 1.82) is 0 Å². The van der Waals surface area contributed by atoms with E-state index in [1.54, 1.807) is 0 Å². The summed E-state index contributed by atoms with van der Waals surface area (Å²) in [6.45, 7) is 2.56. The summed E-state index contributed by atoms with van der Waals surface area (Å²) >= 11 is 0. The third kappa shape index (κ3) is 69.4. The zero-order valence-corrected chi connectivity index (χ0v) is 59.9. The second kappa shape index (κ2) is 68.2. The predicted octanol–water partition coefficient (Wildman–Crippen LogP) is 20.4. The summed E-state index contributed by atoms with van der Waals surface area (Å²) in [5.41, 5.74) is 0. The van der Waals surface area contributed by atoms with Crippen molar-refractivity contribution in [2.75, 3.05) is 39.6 Å². The molecule has 16 nitrogen and oxygen atoms in total. The smallest absolute Gasteiger partial charge is 0.463 e. The molecule has 0 bridgehead atoms. The number of ether oxygens (including phenoxy) is 3. The van der Waals surface area contributed by atoms with Gasteiger partial charge in [0.25, 0.3) is 0 Å². The number of carbonyl (C=O) groups excluding carboxylic acids is 3. The number of esters is 3. The number of aliphatic hydroxyl groups is 2. The molecular weight excluding hydrogens is 1220 g/mol. The van der Waals surface area contributed by atoms with E-state index < -0.39 is 91.5 Å². The molecule has 536 valence electrons. The number of phosphoric acid groups is 2. The lowest BCUT2D eigenvalue weighted by Gasteiger charge is -2.21. The molecule has 0 aliphatic rings. The van der Waals surface area contributed by atoms with Crippen molar-refractivity contribution in [3.05, 3.63) is 109 Å². The normalized spacial score (nSPS) is 14.8. The highest BCUT2D eigenvalue weighted by molar-refractivity contribution is 7.47. The van der Waals surface area contributed by atoms with Gasteiger partial charge in [-0.25, -0.2) is 9.13 Å². The summed E-state index contributed by atoms with van der Waals surface area (Å²) in [5.74, 6) is -1.61. The van der Waals surface area contributed by atoms with Gasteiger partial charge in [0.05, 0.1) is 26.4 Å². The molecule has 0 heterocycles. The Morgan fingerprint density at radius 3 is 0.882 bits per heavy atom. The maximum absolute atomic E-state index is 12.9. The van der Waals surface area contributed by atoms with E-state index in [0.717, 1.165) is 154 Å². The molecule has 0 amide bonds. The Labute approximate surface area is 564 Å². The second-order valence-corrected chi connectivity index (χ2v) is 26.9. The van der Waals surface area contributed by atoms with Crippen LogP contribution in [0.4, 0.5) is 0 Å². The van der Waals surface area contributed by atoms with Crippen molar-refractivity contribution in [2.24, 2.45) is 0 Å². The fourth-order valence-corrected chi connectivity index (χ4v) is 10.9. The van der Waals surface area contributed by atoms with E-state index in [2.05, 4.69) is 130 Å². The van der Waals surface area contributed by atoms with Crippen LogP contribution in [0.5, 0.6) is 0 Å². The first-order valence-corrected chi connectivity index (χ1v) is 39.2. The van der Waals surface area contributed by atoms with Crippen LogP contribution < -0.4 is 0 Å². The van der Waals surface area contributed by atoms with E-state index in [9.17, 15) is 43.5 Å². The first-order valence-electron chi connectivity index (χ1n) is 36.2. The topological polar surface area (TPSA) is 231 Å². The van der Waals surface area contributed by atoms with Gasteiger partial charge in [0.2, 0.25) is 0 Å². The maximum atomic E-state index is 12.9. The number of allylic oxidation sites excluding steroid dienone is 18. The first kappa shape index (κ1) is 89.2. The van der Waals surface area contributed by atoms with E-state index in [1.807, 2.05) is 0 Å². The van der Waals surface area contributed by atoms with Crippen LogP contribution in [-0.4, -0.2) is 95.9 Å². The van der Waals surface area contributed by atoms with Crippen molar-refractivity contribution in [1.82, 2.24) is 0 Å². The van der Waals surface area contributed by atoms with Gasteiger partial charge in [-0.05, 0) is 135 Å². The number of rotatable bonds is 68. The van der Waals surface area contributed by atoms with E-state index in [1.165, 1.54) is 77.0 Å². The lowest BCUT2D eigenvalue weighted by atomic mass is 10.1. The molecule has 4 N–H and O–H groups in total. The average molecular weight is 1350 g/mol. The Balaban J connectivity index is 4.63. The zero-order valence-electron chi connectivity index (χ0n) is 58.1. The molecule has 0 aromatic rings. The SMILES string of the molecule is CCCCC/C=C\C/C=C\C/C=C\C/C=C\CCCCCCCCCC(=O)OCC(O)COP(=O)(O)OCC(O)COP(=O)(O)OCC(COC(=O)CCCCCCC/C=C\C/C=C\C/C=C\C/C=C\CCCCC)OC(=O)CCCCCCC/C=C\CCCCCC. The molecular formula is C75H130O16P2. The summed E-state index contributed by atoms with van der Waals surface area (Å²) in [5, 5.41) is 20.6. The molecule has 18 heteroatoms. The van der Waals surface area contributed by atoms with Crippen molar-refractivity contribution in [3.63, 3.8) is 0 Å². The molecule has 0 saturated carbocycles. The van der Waals surface area contributed by atoms with Crippen LogP contribution in [0.1, 0.15) is 290 Å². The van der Waals surface area contributed by atoms with E-state index in [0.29, 0.717) is 19.3 Å². The number of unbranched alkanes of at least 4 members (excludes halogenated alkanes) is 27. The number of hydrogen-bond acceptors (Lipinski definition) is 14. The predicted molar refractivity (Wildman–Crippen MR) is 380 cm³/mol. The lowest BCUT2D eigenvalue weighted by molar-refractivity contribution is -0.161. The molecule has 5 unspecified atom stereocenters. The summed E-state index contributed by atoms with van der Waals surface area (Å²) in [6, 6.07) is 0. The molecule has 0 spiro atoms. The first-order chi connectivity index (χ1) is 45.2. The van der Waals surface area contributed by atoms with Crippen LogP contribution in [0, 0.1) is 0 Å². The minimum Gasteiger partial charge on any atom is -0.463 e. The van der Waals surface area contributed by atoms with Crippen molar-refractivity contribution < 1.29 is 75.8 Å². The summed E-state index contributed by atoms with van der Waals surface area (Å²) in [4.78, 5) is 58.4. The minimum atomic E-state index is -4.93. The Morgan fingerprint density at radius 1 is 0.301 bits per heavy atom. The molecule has 0 radical (unpaired) electrons. The van der Waals surface area contributed by atoms with Crippen LogP contribution in [0.25, 0.3) is 0 Å². The van der Waals surface area contributed by atoms with Crippen LogP contribution in [0.15, 0.2) is 109 Å². The molecule has 0 rings (SSSR count). The summed E-state index contributed by atoms with van der Waals surface area (Å²) in [6.07, 6.45) is 77.0. The molecule has 0 fully saturated rings. The highest BCUT2D eigenvalue weighted by atomic mass is 31.2. The van der Waals surface area contributed by atoms with Crippen LogP contribution in [0.2, 0.25) is 0 Å². The molecule has 0 saturated heterocycles.